The number of hydrogen-bond acceptors (Lipinski definition) is 4. The number of aromatic nitrogens is 2. The maximum Gasteiger partial charge on any atom is 0.255 e. The number of morpholine rings is 1. The van der Waals surface area contributed by atoms with Crippen LogP contribution in [0, 0.1) is 12.7 Å². The van der Waals surface area contributed by atoms with Crippen molar-refractivity contribution in [2.45, 2.75) is 13.5 Å². The van der Waals surface area contributed by atoms with Crippen molar-refractivity contribution in [3.8, 4) is 0 Å². The van der Waals surface area contributed by atoms with Crippen molar-refractivity contribution in [1.82, 2.24) is 14.7 Å². The number of amides is 1. The molecule has 7 heteroatoms. The molecule has 0 bridgehead atoms. The number of nitrogens with one attached hydrogen (secondary N) is 1. The van der Waals surface area contributed by atoms with Crippen LogP contribution in [0.4, 0.5) is 10.1 Å². The van der Waals surface area contributed by atoms with E-state index in [2.05, 4.69) is 15.3 Å². The van der Waals surface area contributed by atoms with Gasteiger partial charge in [0.1, 0.15) is 5.82 Å². The van der Waals surface area contributed by atoms with Crippen LogP contribution >= 0.6 is 0 Å². The summed E-state index contributed by atoms with van der Waals surface area (Å²) in [7, 11) is 0. The lowest BCUT2D eigenvalue weighted by Crippen LogP contribution is -2.38. The SMILES string of the molecule is Cc1ccc(C(=O)Nc2cnn(CCN3CCOCC3)c2)cc1F. The van der Waals surface area contributed by atoms with Gasteiger partial charge in [-0.15, -0.1) is 0 Å². The van der Waals surface area contributed by atoms with Gasteiger partial charge >= 0.3 is 0 Å². The second-order valence-corrected chi connectivity index (χ2v) is 5.86. The zero-order valence-corrected chi connectivity index (χ0v) is 13.7. The summed E-state index contributed by atoms with van der Waals surface area (Å²) in [6, 6.07) is 4.44. The first-order valence-corrected chi connectivity index (χ1v) is 8.02. The number of carbonyl (C=O) groups is 1. The predicted molar refractivity (Wildman–Crippen MR) is 88.6 cm³/mol. The zero-order valence-electron chi connectivity index (χ0n) is 13.7. The van der Waals surface area contributed by atoms with Gasteiger partial charge in [-0.3, -0.25) is 14.4 Å². The highest BCUT2D eigenvalue weighted by Crippen LogP contribution is 2.12. The topological polar surface area (TPSA) is 59.4 Å². The molecule has 0 radical (unpaired) electrons. The van der Waals surface area contributed by atoms with E-state index < -0.39 is 0 Å². The van der Waals surface area contributed by atoms with Gasteiger partial charge in [-0.2, -0.15) is 5.10 Å². The van der Waals surface area contributed by atoms with Gasteiger partial charge in [0.05, 0.1) is 31.6 Å². The molecular weight excluding hydrogens is 311 g/mol. The third kappa shape index (κ3) is 4.18. The number of halogens is 1. The third-order valence-corrected chi connectivity index (χ3v) is 4.07. The zero-order chi connectivity index (χ0) is 16.9. The van der Waals surface area contributed by atoms with Crippen LogP contribution in [0.25, 0.3) is 0 Å². The van der Waals surface area contributed by atoms with E-state index in [0.29, 0.717) is 16.8 Å². The van der Waals surface area contributed by atoms with Crippen molar-refractivity contribution < 1.29 is 13.9 Å². The lowest BCUT2D eigenvalue weighted by atomic mass is 10.1. The highest BCUT2D eigenvalue weighted by Gasteiger charge is 2.12. The summed E-state index contributed by atoms with van der Waals surface area (Å²) in [5, 5.41) is 6.99. The number of aryl methyl sites for hydroxylation is 1. The Labute approximate surface area is 140 Å². The Morgan fingerprint density at radius 1 is 1.33 bits per heavy atom. The summed E-state index contributed by atoms with van der Waals surface area (Å²) in [6.07, 6.45) is 3.38. The van der Waals surface area contributed by atoms with E-state index in [1.54, 1.807) is 36.1 Å². The number of ether oxygens (including phenoxy) is 1. The van der Waals surface area contributed by atoms with Gasteiger partial charge in [0.2, 0.25) is 0 Å². The van der Waals surface area contributed by atoms with Crippen LogP contribution < -0.4 is 5.32 Å². The average molecular weight is 332 g/mol. The first-order valence-electron chi connectivity index (χ1n) is 8.02. The van der Waals surface area contributed by atoms with E-state index in [0.717, 1.165) is 39.4 Å². The molecule has 1 aliphatic rings. The molecule has 1 saturated heterocycles. The van der Waals surface area contributed by atoms with Gasteiger partial charge in [0.15, 0.2) is 0 Å². The molecule has 2 aromatic rings. The molecule has 128 valence electrons. The molecule has 1 aromatic carbocycles. The van der Waals surface area contributed by atoms with Gasteiger partial charge in [-0.1, -0.05) is 6.07 Å². The summed E-state index contributed by atoms with van der Waals surface area (Å²) in [4.78, 5) is 14.5. The Morgan fingerprint density at radius 2 is 2.12 bits per heavy atom. The summed E-state index contributed by atoms with van der Waals surface area (Å²) >= 11 is 0. The molecule has 1 fully saturated rings. The number of anilines is 1. The second-order valence-electron chi connectivity index (χ2n) is 5.86. The summed E-state index contributed by atoms with van der Waals surface area (Å²) in [5.74, 6) is -0.731. The molecule has 6 nitrogen and oxygen atoms in total. The molecule has 0 aliphatic carbocycles. The van der Waals surface area contributed by atoms with Crippen LogP contribution in [0.3, 0.4) is 0 Å². The molecule has 0 saturated carbocycles. The van der Waals surface area contributed by atoms with Crippen LogP contribution in [0.1, 0.15) is 15.9 Å². The van der Waals surface area contributed by atoms with E-state index in [-0.39, 0.29) is 11.7 Å². The van der Waals surface area contributed by atoms with Crippen LogP contribution in [0.15, 0.2) is 30.6 Å². The van der Waals surface area contributed by atoms with Gasteiger partial charge in [-0.05, 0) is 24.6 Å². The second kappa shape index (κ2) is 7.55. The predicted octanol–water partition coefficient (Wildman–Crippen LogP) is 1.92. The third-order valence-electron chi connectivity index (χ3n) is 4.07. The van der Waals surface area contributed by atoms with Gasteiger partial charge in [0.25, 0.3) is 5.91 Å². The largest absolute Gasteiger partial charge is 0.379 e. The van der Waals surface area contributed by atoms with E-state index >= 15 is 0 Å². The quantitative estimate of drug-likeness (QED) is 0.909. The van der Waals surface area contributed by atoms with Crippen LogP contribution in [-0.4, -0.2) is 53.4 Å². The molecule has 1 N–H and O–H groups in total. The number of benzene rings is 1. The maximum atomic E-state index is 13.5. The molecule has 3 rings (SSSR count). The summed E-state index contributed by atoms with van der Waals surface area (Å²) in [6.45, 7) is 6.71. The van der Waals surface area contributed by atoms with E-state index in [1.165, 1.54) is 6.07 Å². The monoisotopic (exact) mass is 332 g/mol. The van der Waals surface area contributed by atoms with E-state index in [9.17, 15) is 9.18 Å². The minimum atomic E-state index is -0.385. The smallest absolute Gasteiger partial charge is 0.255 e. The Balaban J connectivity index is 1.55. The molecule has 24 heavy (non-hydrogen) atoms. The molecule has 1 aromatic heterocycles. The first-order chi connectivity index (χ1) is 11.6. The molecule has 0 atom stereocenters. The molecule has 0 unspecified atom stereocenters. The summed E-state index contributed by atoms with van der Waals surface area (Å²) in [5.41, 5.74) is 1.41. The van der Waals surface area contributed by atoms with Crippen LogP contribution in [-0.2, 0) is 11.3 Å². The minimum Gasteiger partial charge on any atom is -0.379 e. The van der Waals surface area contributed by atoms with Crippen molar-refractivity contribution in [2.75, 3.05) is 38.2 Å². The van der Waals surface area contributed by atoms with Crippen molar-refractivity contribution in [1.29, 1.82) is 0 Å². The van der Waals surface area contributed by atoms with Crippen LogP contribution in [0.2, 0.25) is 0 Å². The maximum absolute atomic E-state index is 13.5. The lowest BCUT2D eigenvalue weighted by molar-refractivity contribution is 0.0360. The highest BCUT2D eigenvalue weighted by molar-refractivity contribution is 6.04. The Hall–Kier alpha value is -2.25. The molecule has 1 aliphatic heterocycles. The fraction of sp³-hybridized carbons (Fsp3) is 0.412. The normalized spacial score (nSPS) is 15.4. The Kier molecular flexibility index (Phi) is 5.22. The fourth-order valence-corrected chi connectivity index (χ4v) is 2.56. The Bertz CT molecular complexity index is 710. The molecule has 1 amide bonds. The standard InChI is InChI=1S/C17H21FN4O2/c1-13-2-3-14(10-16(13)18)17(23)20-15-11-19-22(12-15)5-4-21-6-8-24-9-7-21/h2-3,10-12H,4-9H2,1H3,(H,20,23). The summed E-state index contributed by atoms with van der Waals surface area (Å²) < 4.78 is 20.7. The molecule has 2 heterocycles. The lowest BCUT2D eigenvalue weighted by Gasteiger charge is -2.26. The average Bonchev–Trinajstić information content (AvgIpc) is 3.04. The highest BCUT2D eigenvalue weighted by atomic mass is 19.1. The van der Waals surface area contributed by atoms with E-state index in [4.69, 9.17) is 4.74 Å². The number of hydrogen-bond donors (Lipinski definition) is 1. The fourth-order valence-electron chi connectivity index (χ4n) is 2.56. The van der Waals surface area contributed by atoms with E-state index in [1.807, 2.05) is 0 Å². The number of rotatable bonds is 5. The van der Waals surface area contributed by atoms with Gasteiger partial charge in [0, 0.05) is 31.4 Å². The van der Waals surface area contributed by atoms with Crippen molar-refractivity contribution >= 4 is 11.6 Å². The number of carbonyl (C=O) groups excluding carboxylic acids is 1. The van der Waals surface area contributed by atoms with Gasteiger partial charge < -0.3 is 10.1 Å². The number of nitrogens with zero attached hydrogens (tertiary/aromatic N) is 3. The minimum absolute atomic E-state index is 0.291. The van der Waals surface area contributed by atoms with Crippen LogP contribution in [0.5, 0.6) is 0 Å². The van der Waals surface area contributed by atoms with Gasteiger partial charge in [-0.25, -0.2) is 4.39 Å². The van der Waals surface area contributed by atoms with Crippen molar-refractivity contribution in [2.24, 2.45) is 0 Å². The first kappa shape index (κ1) is 16.6. The molecule has 0 spiro atoms. The Morgan fingerprint density at radius 3 is 2.88 bits per heavy atom. The molecular formula is C17H21FN4O2. The van der Waals surface area contributed by atoms with Crippen molar-refractivity contribution in [3.05, 3.63) is 47.5 Å². The van der Waals surface area contributed by atoms with Crippen molar-refractivity contribution in [3.63, 3.8) is 0 Å².